The summed E-state index contributed by atoms with van der Waals surface area (Å²) in [7, 11) is -1.63. The van der Waals surface area contributed by atoms with E-state index in [0.717, 1.165) is 0 Å². The quantitative estimate of drug-likeness (QED) is 0.559. The van der Waals surface area contributed by atoms with Crippen LogP contribution in [-0.4, -0.2) is 17.2 Å². The standard InChI is InChI=1S/C6H4BCl3O2/c8-4-2-6(10)5(9)1-3(4)7(11)12/h1-2,11-12H. The lowest BCUT2D eigenvalue weighted by Gasteiger charge is -2.04. The average Bonchev–Trinajstić information content (AvgIpc) is 1.96. The van der Waals surface area contributed by atoms with Gasteiger partial charge in [-0.15, -0.1) is 0 Å². The van der Waals surface area contributed by atoms with E-state index in [1.807, 2.05) is 0 Å². The Morgan fingerprint density at radius 1 is 0.917 bits per heavy atom. The fourth-order valence-corrected chi connectivity index (χ4v) is 1.39. The minimum absolute atomic E-state index is 0.145. The zero-order chi connectivity index (χ0) is 9.30. The lowest BCUT2D eigenvalue weighted by molar-refractivity contribution is 0.426. The van der Waals surface area contributed by atoms with E-state index in [1.54, 1.807) is 0 Å². The maximum absolute atomic E-state index is 8.79. The topological polar surface area (TPSA) is 40.5 Å². The molecule has 0 spiro atoms. The van der Waals surface area contributed by atoms with Crippen LogP contribution in [-0.2, 0) is 0 Å². The van der Waals surface area contributed by atoms with Gasteiger partial charge in [0.05, 0.1) is 10.0 Å². The molecule has 1 aromatic rings. The lowest BCUT2D eigenvalue weighted by Crippen LogP contribution is -2.30. The van der Waals surface area contributed by atoms with Crippen molar-refractivity contribution in [1.29, 1.82) is 0 Å². The van der Waals surface area contributed by atoms with E-state index in [-0.39, 0.29) is 20.5 Å². The lowest BCUT2D eigenvalue weighted by atomic mass is 9.80. The van der Waals surface area contributed by atoms with Crippen LogP contribution in [0.5, 0.6) is 0 Å². The molecule has 0 saturated carbocycles. The minimum atomic E-state index is -1.63. The number of benzene rings is 1. The molecule has 2 N–H and O–H groups in total. The number of hydrogen-bond acceptors (Lipinski definition) is 2. The van der Waals surface area contributed by atoms with E-state index in [0.29, 0.717) is 0 Å². The highest BCUT2D eigenvalue weighted by Crippen LogP contribution is 2.23. The van der Waals surface area contributed by atoms with E-state index in [4.69, 9.17) is 44.9 Å². The highest BCUT2D eigenvalue weighted by molar-refractivity contribution is 6.63. The van der Waals surface area contributed by atoms with E-state index < -0.39 is 7.12 Å². The largest absolute Gasteiger partial charge is 0.490 e. The molecular weight excluding hydrogens is 221 g/mol. The SMILES string of the molecule is OB(O)c1cc(Cl)c(Cl)cc1Cl. The average molecular weight is 225 g/mol. The Morgan fingerprint density at radius 2 is 1.42 bits per heavy atom. The number of halogens is 3. The Morgan fingerprint density at radius 3 is 1.92 bits per heavy atom. The van der Waals surface area contributed by atoms with Gasteiger partial charge in [0.25, 0.3) is 0 Å². The molecule has 0 atom stereocenters. The molecular formula is C6H4BCl3O2. The molecule has 2 nitrogen and oxygen atoms in total. The van der Waals surface area contributed by atoms with Crippen molar-refractivity contribution in [2.75, 3.05) is 0 Å². The molecule has 1 aromatic carbocycles. The molecule has 0 unspecified atom stereocenters. The predicted molar refractivity (Wildman–Crippen MR) is 51.3 cm³/mol. The first-order chi connectivity index (χ1) is 5.52. The van der Waals surface area contributed by atoms with Crippen LogP contribution in [0.3, 0.4) is 0 Å². The number of rotatable bonds is 1. The smallest absolute Gasteiger partial charge is 0.423 e. The molecule has 0 fully saturated rings. The Labute approximate surface area is 84.8 Å². The van der Waals surface area contributed by atoms with E-state index in [1.165, 1.54) is 12.1 Å². The van der Waals surface area contributed by atoms with Gasteiger partial charge in [-0.2, -0.15) is 0 Å². The summed E-state index contributed by atoms with van der Waals surface area (Å²) in [6.07, 6.45) is 0. The van der Waals surface area contributed by atoms with Crippen LogP contribution >= 0.6 is 34.8 Å². The van der Waals surface area contributed by atoms with Crippen molar-refractivity contribution in [2.45, 2.75) is 0 Å². The Bertz CT molecular complexity index is 303. The van der Waals surface area contributed by atoms with Gasteiger partial charge in [0.2, 0.25) is 0 Å². The van der Waals surface area contributed by atoms with Crippen molar-refractivity contribution >= 4 is 47.4 Å². The molecule has 0 heterocycles. The van der Waals surface area contributed by atoms with Gasteiger partial charge in [-0.25, -0.2) is 0 Å². The van der Waals surface area contributed by atoms with Gasteiger partial charge in [-0.1, -0.05) is 34.8 Å². The van der Waals surface area contributed by atoms with Gasteiger partial charge in [0, 0.05) is 10.5 Å². The minimum Gasteiger partial charge on any atom is -0.423 e. The second kappa shape index (κ2) is 3.86. The maximum atomic E-state index is 8.79. The molecule has 64 valence electrons. The van der Waals surface area contributed by atoms with Crippen LogP contribution in [0.25, 0.3) is 0 Å². The molecule has 0 aliphatic rings. The molecule has 0 saturated heterocycles. The summed E-state index contributed by atoms with van der Waals surface area (Å²) >= 11 is 16.9. The van der Waals surface area contributed by atoms with Gasteiger partial charge < -0.3 is 10.0 Å². The van der Waals surface area contributed by atoms with Crippen molar-refractivity contribution in [3.05, 3.63) is 27.2 Å². The fraction of sp³-hybridized carbons (Fsp3) is 0. The van der Waals surface area contributed by atoms with Crippen LogP contribution in [0, 0.1) is 0 Å². The molecule has 0 aromatic heterocycles. The Hall–Kier alpha value is 0.0749. The molecule has 0 aliphatic heterocycles. The van der Waals surface area contributed by atoms with Gasteiger partial charge in [0.1, 0.15) is 0 Å². The molecule has 12 heavy (non-hydrogen) atoms. The maximum Gasteiger partial charge on any atom is 0.490 e. The summed E-state index contributed by atoms with van der Waals surface area (Å²) in [6.45, 7) is 0. The van der Waals surface area contributed by atoms with Crippen molar-refractivity contribution in [3.63, 3.8) is 0 Å². The van der Waals surface area contributed by atoms with Gasteiger partial charge in [-0.3, -0.25) is 0 Å². The second-order valence-electron chi connectivity index (χ2n) is 2.16. The predicted octanol–water partition coefficient (Wildman–Crippen LogP) is 1.33. The first-order valence-electron chi connectivity index (χ1n) is 3.03. The normalized spacial score (nSPS) is 10.1. The van der Waals surface area contributed by atoms with Gasteiger partial charge in [-0.05, 0) is 12.1 Å². The van der Waals surface area contributed by atoms with Crippen molar-refractivity contribution in [2.24, 2.45) is 0 Å². The zero-order valence-corrected chi connectivity index (χ0v) is 8.03. The van der Waals surface area contributed by atoms with Crippen molar-refractivity contribution in [3.8, 4) is 0 Å². The van der Waals surface area contributed by atoms with Crippen LogP contribution < -0.4 is 5.46 Å². The first kappa shape index (κ1) is 10.2. The third kappa shape index (κ3) is 2.06. The molecule has 0 bridgehead atoms. The zero-order valence-electron chi connectivity index (χ0n) is 5.76. The van der Waals surface area contributed by atoms with Crippen LogP contribution in [0.2, 0.25) is 15.1 Å². The first-order valence-corrected chi connectivity index (χ1v) is 4.16. The van der Waals surface area contributed by atoms with Crippen LogP contribution in [0.1, 0.15) is 0 Å². The highest BCUT2D eigenvalue weighted by atomic mass is 35.5. The Balaban J connectivity index is 3.23. The van der Waals surface area contributed by atoms with E-state index >= 15 is 0 Å². The Kier molecular flexibility index (Phi) is 3.26. The second-order valence-corrected chi connectivity index (χ2v) is 3.38. The monoisotopic (exact) mass is 224 g/mol. The van der Waals surface area contributed by atoms with E-state index in [9.17, 15) is 0 Å². The fourth-order valence-electron chi connectivity index (χ4n) is 0.736. The van der Waals surface area contributed by atoms with E-state index in [2.05, 4.69) is 0 Å². The molecule has 0 radical (unpaired) electrons. The molecule has 1 rings (SSSR count). The summed E-state index contributed by atoms with van der Waals surface area (Å²) in [4.78, 5) is 0. The van der Waals surface area contributed by atoms with Crippen LogP contribution in [0.4, 0.5) is 0 Å². The van der Waals surface area contributed by atoms with Crippen molar-refractivity contribution < 1.29 is 10.0 Å². The summed E-state index contributed by atoms with van der Waals surface area (Å²) in [5.41, 5.74) is 0.145. The number of hydrogen-bond donors (Lipinski definition) is 2. The van der Waals surface area contributed by atoms with Crippen molar-refractivity contribution in [1.82, 2.24) is 0 Å². The molecule has 0 aliphatic carbocycles. The van der Waals surface area contributed by atoms with Crippen LogP contribution in [0.15, 0.2) is 12.1 Å². The summed E-state index contributed by atoms with van der Waals surface area (Å²) in [5, 5.41) is 18.3. The third-order valence-electron chi connectivity index (χ3n) is 1.32. The molecule has 0 amide bonds. The highest BCUT2D eigenvalue weighted by Gasteiger charge is 2.16. The van der Waals surface area contributed by atoms with Gasteiger partial charge in [0.15, 0.2) is 0 Å². The summed E-state index contributed by atoms with van der Waals surface area (Å²) in [6, 6.07) is 2.68. The third-order valence-corrected chi connectivity index (χ3v) is 2.37. The van der Waals surface area contributed by atoms with Gasteiger partial charge >= 0.3 is 7.12 Å². The summed E-state index contributed by atoms with van der Waals surface area (Å²) < 4.78 is 0. The molecule has 6 heteroatoms. The summed E-state index contributed by atoms with van der Waals surface area (Å²) in [5.74, 6) is 0.